The summed E-state index contributed by atoms with van der Waals surface area (Å²) >= 11 is 0. The fourth-order valence-corrected chi connectivity index (χ4v) is 1.76. The number of nitriles is 2. The molecule has 1 atom stereocenters. The number of carbonyl (C=O) groups excluding carboxylic acids is 1. The van der Waals surface area contributed by atoms with Gasteiger partial charge in [-0.3, -0.25) is 4.79 Å². The van der Waals surface area contributed by atoms with E-state index in [0.29, 0.717) is 16.7 Å². The SMILES string of the molecule is CC(=O)c1ccccc1C#N.CC(O)c1cccc(C#N)c1. The molecule has 0 aliphatic rings. The molecule has 2 aromatic rings. The Morgan fingerprint density at radius 2 is 1.77 bits per heavy atom. The van der Waals surface area contributed by atoms with E-state index in [1.54, 1.807) is 55.5 Å². The van der Waals surface area contributed by atoms with Crippen molar-refractivity contribution in [1.29, 1.82) is 10.5 Å². The van der Waals surface area contributed by atoms with Crippen molar-refractivity contribution in [3.63, 3.8) is 0 Å². The molecule has 0 spiro atoms. The van der Waals surface area contributed by atoms with Crippen molar-refractivity contribution in [2.45, 2.75) is 20.0 Å². The molecule has 4 heteroatoms. The lowest BCUT2D eigenvalue weighted by molar-refractivity contribution is 0.101. The first-order valence-electron chi connectivity index (χ1n) is 6.67. The number of nitrogens with zero attached hydrogens (tertiary/aromatic N) is 2. The molecule has 4 nitrogen and oxygen atoms in total. The monoisotopic (exact) mass is 292 g/mol. The normalized spacial score (nSPS) is 10.4. The van der Waals surface area contributed by atoms with E-state index in [1.165, 1.54) is 6.92 Å². The topological polar surface area (TPSA) is 84.9 Å². The highest BCUT2D eigenvalue weighted by atomic mass is 16.3. The Bertz CT molecular complexity index is 737. The van der Waals surface area contributed by atoms with Crippen LogP contribution in [0.15, 0.2) is 48.5 Å². The first-order valence-corrected chi connectivity index (χ1v) is 6.67. The number of aliphatic hydroxyl groups excluding tert-OH is 1. The first kappa shape index (κ1) is 17.1. The highest BCUT2D eigenvalue weighted by Gasteiger charge is 2.03. The van der Waals surface area contributed by atoms with Crippen LogP contribution in [0.5, 0.6) is 0 Å². The van der Waals surface area contributed by atoms with Gasteiger partial charge in [0.15, 0.2) is 5.78 Å². The molecule has 0 fully saturated rings. The van der Waals surface area contributed by atoms with Crippen LogP contribution >= 0.6 is 0 Å². The van der Waals surface area contributed by atoms with Gasteiger partial charge in [0.1, 0.15) is 0 Å². The molecule has 0 saturated heterocycles. The van der Waals surface area contributed by atoms with E-state index in [2.05, 4.69) is 0 Å². The standard InChI is InChI=1S/C9H9NO.C9H7NO/c1-7(11)9-4-2-3-8(5-9)6-10;1-7(11)9-5-3-2-4-8(9)6-10/h2-5,7,11H,1H3;2-5H,1H3. The average molecular weight is 292 g/mol. The predicted octanol–water partition coefficient (Wildman–Crippen LogP) is 3.37. The van der Waals surface area contributed by atoms with Crippen molar-refractivity contribution in [1.82, 2.24) is 0 Å². The minimum Gasteiger partial charge on any atom is -0.389 e. The number of ketones is 1. The van der Waals surface area contributed by atoms with Gasteiger partial charge in [-0.1, -0.05) is 30.3 Å². The Morgan fingerprint density at radius 3 is 2.27 bits per heavy atom. The van der Waals surface area contributed by atoms with Gasteiger partial charge < -0.3 is 5.11 Å². The molecule has 1 unspecified atom stereocenters. The van der Waals surface area contributed by atoms with Crippen molar-refractivity contribution >= 4 is 5.78 Å². The van der Waals surface area contributed by atoms with Crippen molar-refractivity contribution in [3.05, 3.63) is 70.8 Å². The highest BCUT2D eigenvalue weighted by molar-refractivity contribution is 5.96. The smallest absolute Gasteiger partial charge is 0.161 e. The summed E-state index contributed by atoms with van der Waals surface area (Å²) in [6.07, 6.45) is -0.497. The average Bonchev–Trinajstić information content (AvgIpc) is 2.55. The second-order valence-electron chi connectivity index (χ2n) is 4.63. The number of hydrogen-bond acceptors (Lipinski definition) is 4. The lowest BCUT2D eigenvalue weighted by Gasteiger charge is -2.02. The molecule has 2 aromatic carbocycles. The molecule has 0 bridgehead atoms. The molecule has 0 aliphatic carbocycles. The van der Waals surface area contributed by atoms with Crippen LogP contribution in [0.1, 0.15) is 47.0 Å². The molecule has 0 aliphatic heterocycles. The molecule has 2 rings (SSSR count). The maximum absolute atomic E-state index is 10.9. The van der Waals surface area contributed by atoms with E-state index >= 15 is 0 Å². The number of Topliss-reactive ketones (excluding diaryl/α,β-unsaturated/α-hetero) is 1. The van der Waals surface area contributed by atoms with Crippen molar-refractivity contribution in [2.24, 2.45) is 0 Å². The van der Waals surface area contributed by atoms with Gasteiger partial charge in [0.05, 0.1) is 29.4 Å². The predicted molar refractivity (Wildman–Crippen MR) is 83.0 cm³/mol. The summed E-state index contributed by atoms with van der Waals surface area (Å²) in [6.45, 7) is 3.13. The van der Waals surface area contributed by atoms with E-state index in [-0.39, 0.29) is 5.78 Å². The zero-order valence-corrected chi connectivity index (χ0v) is 12.4. The summed E-state index contributed by atoms with van der Waals surface area (Å²) in [5.74, 6) is -0.0675. The fourth-order valence-electron chi connectivity index (χ4n) is 1.76. The third-order valence-electron chi connectivity index (χ3n) is 2.92. The molecule has 110 valence electrons. The number of carbonyl (C=O) groups is 1. The van der Waals surface area contributed by atoms with E-state index in [0.717, 1.165) is 5.56 Å². The minimum atomic E-state index is -0.497. The zero-order valence-electron chi connectivity index (χ0n) is 12.4. The Kier molecular flexibility index (Phi) is 6.50. The third kappa shape index (κ3) is 4.86. The number of rotatable bonds is 2. The summed E-state index contributed by atoms with van der Waals surface area (Å²) in [5, 5.41) is 26.2. The maximum Gasteiger partial charge on any atom is 0.161 e. The fraction of sp³-hybridized carbons (Fsp3) is 0.167. The van der Waals surface area contributed by atoms with Crippen LogP contribution in [0.25, 0.3) is 0 Å². The molecule has 1 N–H and O–H groups in total. The quantitative estimate of drug-likeness (QED) is 0.860. The van der Waals surface area contributed by atoms with Gasteiger partial charge in [0.25, 0.3) is 0 Å². The summed E-state index contributed by atoms with van der Waals surface area (Å²) in [4.78, 5) is 10.9. The van der Waals surface area contributed by atoms with E-state index in [4.69, 9.17) is 15.6 Å². The Labute approximate surface area is 129 Å². The summed E-state index contributed by atoms with van der Waals surface area (Å²) in [5.41, 5.74) is 2.31. The van der Waals surface area contributed by atoms with Gasteiger partial charge in [-0.15, -0.1) is 0 Å². The van der Waals surface area contributed by atoms with Gasteiger partial charge in [-0.25, -0.2) is 0 Å². The van der Waals surface area contributed by atoms with Gasteiger partial charge >= 0.3 is 0 Å². The van der Waals surface area contributed by atoms with Crippen LogP contribution in [-0.4, -0.2) is 10.9 Å². The molecular formula is C18H16N2O2. The van der Waals surface area contributed by atoms with Gasteiger partial charge in [0, 0.05) is 5.56 Å². The Balaban J connectivity index is 0.000000220. The summed E-state index contributed by atoms with van der Waals surface area (Å²) in [6, 6.07) is 17.7. The Hall–Kier alpha value is -2.95. The highest BCUT2D eigenvalue weighted by Crippen LogP contribution is 2.12. The van der Waals surface area contributed by atoms with Crippen molar-refractivity contribution < 1.29 is 9.90 Å². The zero-order chi connectivity index (χ0) is 16.5. The minimum absolute atomic E-state index is 0.0675. The number of hydrogen-bond donors (Lipinski definition) is 1. The van der Waals surface area contributed by atoms with Crippen molar-refractivity contribution in [2.75, 3.05) is 0 Å². The lowest BCUT2D eigenvalue weighted by Crippen LogP contribution is -1.94. The number of aliphatic hydroxyl groups is 1. The van der Waals surface area contributed by atoms with E-state index in [9.17, 15) is 4.79 Å². The molecule has 0 heterocycles. The molecule has 0 saturated carbocycles. The summed E-state index contributed by atoms with van der Waals surface area (Å²) < 4.78 is 0. The van der Waals surface area contributed by atoms with Crippen LogP contribution in [0.4, 0.5) is 0 Å². The largest absolute Gasteiger partial charge is 0.389 e. The van der Waals surface area contributed by atoms with Crippen molar-refractivity contribution in [3.8, 4) is 12.1 Å². The maximum atomic E-state index is 10.9. The Morgan fingerprint density at radius 1 is 1.09 bits per heavy atom. The lowest BCUT2D eigenvalue weighted by atomic mass is 10.1. The number of benzene rings is 2. The van der Waals surface area contributed by atoms with Gasteiger partial charge in [0.2, 0.25) is 0 Å². The molecule has 0 amide bonds. The van der Waals surface area contributed by atoms with Crippen LogP contribution in [0, 0.1) is 22.7 Å². The van der Waals surface area contributed by atoms with Gasteiger partial charge in [-0.2, -0.15) is 10.5 Å². The van der Waals surface area contributed by atoms with Gasteiger partial charge in [-0.05, 0) is 37.6 Å². The first-order chi connectivity index (χ1) is 10.5. The second kappa shape index (κ2) is 8.36. The molecule has 0 radical (unpaired) electrons. The van der Waals surface area contributed by atoms with E-state index in [1.807, 2.05) is 12.1 Å². The summed E-state index contributed by atoms with van der Waals surface area (Å²) in [7, 11) is 0. The van der Waals surface area contributed by atoms with Crippen LogP contribution in [0.2, 0.25) is 0 Å². The third-order valence-corrected chi connectivity index (χ3v) is 2.92. The van der Waals surface area contributed by atoms with E-state index < -0.39 is 6.10 Å². The van der Waals surface area contributed by atoms with Crippen LogP contribution in [-0.2, 0) is 0 Å². The second-order valence-corrected chi connectivity index (χ2v) is 4.63. The van der Waals surface area contributed by atoms with Crippen LogP contribution < -0.4 is 0 Å². The molecular weight excluding hydrogens is 276 g/mol. The molecule has 22 heavy (non-hydrogen) atoms. The van der Waals surface area contributed by atoms with Crippen LogP contribution in [0.3, 0.4) is 0 Å². The molecule has 0 aromatic heterocycles.